The zero-order valence-corrected chi connectivity index (χ0v) is 11.4. The first-order chi connectivity index (χ1) is 9.16. The minimum atomic E-state index is -0.977. The van der Waals surface area contributed by atoms with Gasteiger partial charge in [0.15, 0.2) is 0 Å². The lowest BCUT2D eigenvalue weighted by Gasteiger charge is -2.23. The third-order valence-electron chi connectivity index (χ3n) is 4.17. The van der Waals surface area contributed by atoms with Crippen LogP contribution in [0.15, 0.2) is 18.2 Å². The summed E-state index contributed by atoms with van der Waals surface area (Å²) in [6.07, 6.45) is 3.50. The molecule has 2 saturated heterocycles. The van der Waals surface area contributed by atoms with E-state index in [0.29, 0.717) is 22.8 Å². The molecule has 0 radical (unpaired) electrons. The average molecular weight is 281 g/mol. The summed E-state index contributed by atoms with van der Waals surface area (Å²) < 4.78 is 0. The predicted octanol–water partition coefficient (Wildman–Crippen LogP) is 2.69. The Morgan fingerprint density at radius 3 is 3.00 bits per heavy atom. The third-order valence-corrected chi connectivity index (χ3v) is 4.49. The van der Waals surface area contributed by atoms with E-state index in [1.165, 1.54) is 19.4 Å². The van der Waals surface area contributed by atoms with E-state index < -0.39 is 5.97 Å². The van der Waals surface area contributed by atoms with Gasteiger partial charge < -0.3 is 10.4 Å². The van der Waals surface area contributed by atoms with E-state index in [0.717, 1.165) is 13.0 Å². The number of hydrogen-bond donors (Lipinski definition) is 2. The molecule has 4 nitrogen and oxygen atoms in total. The van der Waals surface area contributed by atoms with Crippen LogP contribution in [0.25, 0.3) is 0 Å². The summed E-state index contributed by atoms with van der Waals surface area (Å²) >= 11 is 5.99. The summed E-state index contributed by atoms with van der Waals surface area (Å²) in [5, 5.41) is 13.0. The van der Waals surface area contributed by atoms with Gasteiger partial charge in [0, 0.05) is 18.6 Å². The molecule has 3 rings (SSSR count). The molecule has 1 aromatic rings. The van der Waals surface area contributed by atoms with Crippen LogP contribution in [0, 0.1) is 0 Å². The van der Waals surface area contributed by atoms with Gasteiger partial charge in [0.1, 0.15) is 5.56 Å². The van der Waals surface area contributed by atoms with Crippen molar-refractivity contribution < 1.29 is 9.90 Å². The Bertz CT molecular complexity index is 506. The van der Waals surface area contributed by atoms with Gasteiger partial charge in [0.2, 0.25) is 0 Å². The summed E-state index contributed by atoms with van der Waals surface area (Å²) in [5.41, 5.74) is 0.819. The van der Waals surface area contributed by atoms with E-state index in [1.807, 2.05) is 0 Å². The molecule has 0 bridgehead atoms. The first kappa shape index (κ1) is 12.8. The molecule has 2 fully saturated rings. The molecule has 0 aromatic heterocycles. The van der Waals surface area contributed by atoms with Crippen molar-refractivity contribution >= 4 is 23.3 Å². The van der Waals surface area contributed by atoms with Gasteiger partial charge in [-0.2, -0.15) is 0 Å². The number of nitrogens with one attached hydrogen (secondary N) is 1. The number of rotatable bonds is 3. The summed E-state index contributed by atoms with van der Waals surface area (Å²) in [5.74, 6) is -0.977. The van der Waals surface area contributed by atoms with Gasteiger partial charge in [0.25, 0.3) is 0 Å². The summed E-state index contributed by atoms with van der Waals surface area (Å²) in [7, 11) is 0. The molecule has 0 amide bonds. The molecule has 2 aliphatic heterocycles. The molecule has 0 saturated carbocycles. The van der Waals surface area contributed by atoms with E-state index in [1.54, 1.807) is 18.2 Å². The fourth-order valence-electron chi connectivity index (χ4n) is 3.31. The minimum Gasteiger partial charge on any atom is -0.478 e. The van der Waals surface area contributed by atoms with Gasteiger partial charge in [-0.3, -0.25) is 4.90 Å². The number of benzene rings is 1. The quantitative estimate of drug-likeness (QED) is 0.894. The molecule has 5 heteroatoms. The van der Waals surface area contributed by atoms with Gasteiger partial charge >= 0.3 is 5.97 Å². The molecular weight excluding hydrogens is 264 g/mol. The van der Waals surface area contributed by atoms with Crippen LogP contribution in [-0.4, -0.2) is 41.1 Å². The Hall–Kier alpha value is -1.26. The molecular formula is C14H17ClN2O2. The number of anilines is 1. The van der Waals surface area contributed by atoms with Crippen LogP contribution in [0.4, 0.5) is 5.69 Å². The van der Waals surface area contributed by atoms with Crippen LogP contribution < -0.4 is 5.32 Å². The van der Waals surface area contributed by atoms with Gasteiger partial charge in [-0.25, -0.2) is 4.79 Å². The van der Waals surface area contributed by atoms with Gasteiger partial charge in [-0.05, 0) is 37.9 Å². The number of aromatic carboxylic acids is 1. The normalized spacial score (nSPS) is 26.4. The standard InChI is InChI=1S/C14H17ClN2O2/c15-9-3-1-4-11(13(9)14(18)19)16-10-6-8-17-7-2-5-12(10)17/h1,3-4,10,12,16H,2,5-8H2,(H,18,19). The maximum atomic E-state index is 11.3. The number of carboxylic acid groups (broad SMARTS) is 1. The lowest BCUT2D eigenvalue weighted by Crippen LogP contribution is -2.34. The average Bonchev–Trinajstić information content (AvgIpc) is 2.93. The van der Waals surface area contributed by atoms with Crippen LogP contribution in [0.1, 0.15) is 29.6 Å². The first-order valence-electron chi connectivity index (χ1n) is 6.69. The number of nitrogens with zero attached hydrogens (tertiary/aromatic N) is 1. The maximum absolute atomic E-state index is 11.3. The summed E-state index contributed by atoms with van der Waals surface area (Å²) in [4.78, 5) is 13.8. The Kier molecular flexibility index (Phi) is 3.37. The molecule has 2 aliphatic rings. The van der Waals surface area contributed by atoms with Crippen molar-refractivity contribution in [3.05, 3.63) is 28.8 Å². The Morgan fingerprint density at radius 1 is 1.37 bits per heavy atom. The second kappa shape index (κ2) is 5.02. The molecule has 1 aromatic carbocycles. The van der Waals surface area contributed by atoms with Crippen LogP contribution >= 0.6 is 11.6 Å². The molecule has 2 heterocycles. The topological polar surface area (TPSA) is 52.6 Å². The van der Waals surface area contributed by atoms with E-state index >= 15 is 0 Å². The minimum absolute atomic E-state index is 0.181. The lowest BCUT2D eigenvalue weighted by atomic mass is 10.1. The van der Waals surface area contributed by atoms with Crippen molar-refractivity contribution in [2.75, 3.05) is 18.4 Å². The van der Waals surface area contributed by atoms with Crippen LogP contribution in [0.5, 0.6) is 0 Å². The largest absolute Gasteiger partial charge is 0.478 e. The highest BCUT2D eigenvalue weighted by Gasteiger charge is 2.37. The number of carbonyl (C=O) groups is 1. The Balaban J connectivity index is 1.84. The molecule has 19 heavy (non-hydrogen) atoms. The SMILES string of the molecule is O=C(O)c1c(Cl)cccc1NC1CCN2CCCC12. The first-order valence-corrected chi connectivity index (χ1v) is 7.07. The molecule has 2 atom stereocenters. The van der Waals surface area contributed by atoms with Gasteiger partial charge in [-0.15, -0.1) is 0 Å². The molecule has 2 unspecified atom stereocenters. The van der Waals surface area contributed by atoms with Crippen molar-refractivity contribution in [1.82, 2.24) is 4.90 Å². The van der Waals surface area contributed by atoms with Crippen molar-refractivity contribution in [2.24, 2.45) is 0 Å². The highest BCUT2D eigenvalue weighted by molar-refractivity contribution is 6.34. The van der Waals surface area contributed by atoms with Gasteiger partial charge in [-0.1, -0.05) is 17.7 Å². The van der Waals surface area contributed by atoms with Crippen LogP contribution in [0.3, 0.4) is 0 Å². The van der Waals surface area contributed by atoms with E-state index in [-0.39, 0.29) is 5.56 Å². The maximum Gasteiger partial charge on any atom is 0.339 e. The van der Waals surface area contributed by atoms with Crippen molar-refractivity contribution in [3.8, 4) is 0 Å². The highest BCUT2D eigenvalue weighted by atomic mass is 35.5. The summed E-state index contributed by atoms with van der Waals surface area (Å²) in [6, 6.07) is 6.08. The molecule has 0 aliphatic carbocycles. The zero-order valence-electron chi connectivity index (χ0n) is 10.6. The third kappa shape index (κ3) is 2.30. The Morgan fingerprint density at radius 2 is 2.21 bits per heavy atom. The van der Waals surface area contributed by atoms with E-state index in [9.17, 15) is 9.90 Å². The zero-order chi connectivity index (χ0) is 13.4. The summed E-state index contributed by atoms with van der Waals surface area (Å²) in [6.45, 7) is 2.27. The second-order valence-electron chi connectivity index (χ2n) is 5.25. The monoisotopic (exact) mass is 280 g/mol. The molecule has 0 spiro atoms. The smallest absolute Gasteiger partial charge is 0.339 e. The van der Waals surface area contributed by atoms with E-state index in [2.05, 4.69) is 10.2 Å². The second-order valence-corrected chi connectivity index (χ2v) is 5.66. The van der Waals surface area contributed by atoms with Crippen molar-refractivity contribution in [1.29, 1.82) is 0 Å². The van der Waals surface area contributed by atoms with Gasteiger partial charge in [0.05, 0.1) is 10.7 Å². The Labute approximate surface area is 117 Å². The number of fused-ring (bicyclic) bond motifs is 1. The van der Waals surface area contributed by atoms with Crippen LogP contribution in [0.2, 0.25) is 5.02 Å². The molecule has 102 valence electrons. The fourth-order valence-corrected chi connectivity index (χ4v) is 3.57. The lowest BCUT2D eigenvalue weighted by molar-refractivity contribution is 0.0698. The number of hydrogen-bond acceptors (Lipinski definition) is 3. The van der Waals surface area contributed by atoms with Crippen molar-refractivity contribution in [3.63, 3.8) is 0 Å². The predicted molar refractivity (Wildman–Crippen MR) is 75.0 cm³/mol. The van der Waals surface area contributed by atoms with Crippen LogP contribution in [-0.2, 0) is 0 Å². The number of halogens is 1. The van der Waals surface area contributed by atoms with Crippen molar-refractivity contribution in [2.45, 2.75) is 31.3 Å². The highest BCUT2D eigenvalue weighted by Crippen LogP contribution is 2.32. The van der Waals surface area contributed by atoms with E-state index in [4.69, 9.17) is 11.6 Å². The molecule has 2 N–H and O–H groups in total. The number of carboxylic acids is 1. The fraction of sp³-hybridized carbons (Fsp3) is 0.500.